The van der Waals surface area contributed by atoms with Crippen molar-refractivity contribution in [2.24, 2.45) is 5.92 Å². The molecule has 8 heteroatoms. The smallest absolute Gasteiger partial charge is 0.610 e. The Hall–Kier alpha value is 1.18. The van der Waals surface area contributed by atoms with Crippen molar-refractivity contribution >= 4 is 21.8 Å². The number of sulfone groups is 1. The monoisotopic (exact) mass is 275 g/mol. The van der Waals surface area contributed by atoms with Crippen molar-refractivity contribution < 1.29 is 60.1 Å². The molecule has 0 bridgehead atoms. The summed E-state index contributed by atoms with van der Waals surface area (Å²) in [6.07, 6.45) is 0.578. The van der Waals surface area contributed by atoms with Gasteiger partial charge in [0.05, 0.1) is 15.5 Å². The molecule has 0 spiro atoms. The van der Waals surface area contributed by atoms with Crippen LogP contribution in [0.1, 0.15) is 20.3 Å². The minimum atomic E-state index is -3.40. The van der Waals surface area contributed by atoms with E-state index in [1.54, 1.807) is 0 Å². The fourth-order valence-electron chi connectivity index (χ4n) is 0.822. The zero-order valence-corrected chi connectivity index (χ0v) is 13.6. The SMILES string of the molecule is CC(C)CC[S+](=O)([O-])c1nnc(Cl)[n-]1.[K+]. The minimum Gasteiger partial charge on any atom is -0.610 e. The van der Waals surface area contributed by atoms with E-state index in [0.29, 0.717) is 12.3 Å². The molecule has 1 rings (SSSR count). The number of nitrogens with zero attached hydrogens (tertiary/aromatic N) is 3. The van der Waals surface area contributed by atoms with Crippen molar-refractivity contribution in [2.75, 3.05) is 5.75 Å². The maximum atomic E-state index is 11.5. The quantitative estimate of drug-likeness (QED) is 0.475. The van der Waals surface area contributed by atoms with Crippen LogP contribution in [0.25, 0.3) is 0 Å². The van der Waals surface area contributed by atoms with E-state index < -0.39 is 10.2 Å². The van der Waals surface area contributed by atoms with Crippen molar-refractivity contribution in [1.82, 2.24) is 15.2 Å². The van der Waals surface area contributed by atoms with Gasteiger partial charge >= 0.3 is 51.4 Å². The first-order valence-electron chi connectivity index (χ1n) is 4.17. The van der Waals surface area contributed by atoms with Crippen LogP contribution in [0, 0.1) is 5.92 Å². The van der Waals surface area contributed by atoms with Gasteiger partial charge in [0.15, 0.2) is 0 Å². The zero-order chi connectivity index (χ0) is 10.8. The Balaban J connectivity index is 0.00000196. The molecule has 15 heavy (non-hydrogen) atoms. The summed E-state index contributed by atoms with van der Waals surface area (Å²) in [5.41, 5.74) is 0. The molecule has 5 nitrogen and oxygen atoms in total. The van der Waals surface area contributed by atoms with Crippen molar-refractivity contribution in [1.29, 1.82) is 0 Å². The topological polar surface area (TPSA) is 80.0 Å². The number of hydrogen-bond acceptors (Lipinski definition) is 4. The molecule has 0 aromatic carbocycles. The Labute approximate surface area is 137 Å². The maximum Gasteiger partial charge on any atom is 1.00 e. The van der Waals surface area contributed by atoms with E-state index >= 15 is 0 Å². The Morgan fingerprint density at radius 3 is 2.53 bits per heavy atom. The molecule has 1 aromatic rings. The van der Waals surface area contributed by atoms with Gasteiger partial charge in [-0.3, -0.25) is 0 Å². The Kier molecular flexibility index (Phi) is 7.33. The van der Waals surface area contributed by atoms with Crippen LogP contribution in [-0.4, -0.2) is 20.5 Å². The zero-order valence-electron chi connectivity index (χ0n) is 8.94. The molecule has 0 aliphatic heterocycles. The first-order chi connectivity index (χ1) is 6.42. The maximum absolute atomic E-state index is 11.5. The molecule has 0 fully saturated rings. The molecule has 0 aliphatic rings. The fourth-order valence-corrected chi connectivity index (χ4v) is 2.34. The van der Waals surface area contributed by atoms with Gasteiger partial charge in [-0.05, 0) is 12.3 Å². The summed E-state index contributed by atoms with van der Waals surface area (Å²) < 4.78 is 23.1. The van der Waals surface area contributed by atoms with Crippen LogP contribution in [-0.2, 0) is 14.4 Å². The average Bonchev–Trinajstić information content (AvgIpc) is 2.49. The molecule has 1 aromatic heterocycles. The van der Waals surface area contributed by atoms with Crippen molar-refractivity contribution in [3.63, 3.8) is 0 Å². The second kappa shape index (κ2) is 6.80. The standard InChI is InChI=1S/C7H11ClN3O2S.K/c1-5(2)3-4-14(12,13)7-9-6(8)10-11-7;/h5H,3-4H2,1-2H3;/q-1;+1. The van der Waals surface area contributed by atoms with Gasteiger partial charge in [0.2, 0.25) is 5.16 Å². The summed E-state index contributed by atoms with van der Waals surface area (Å²) >= 11 is 5.38. The van der Waals surface area contributed by atoms with Crippen LogP contribution in [0.2, 0.25) is 5.28 Å². The van der Waals surface area contributed by atoms with Crippen molar-refractivity contribution in [3.05, 3.63) is 5.28 Å². The molecular weight excluding hydrogens is 265 g/mol. The van der Waals surface area contributed by atoms with Crippen molar-refractivity contribution in [3.8, 4) is 0 Å². The fraction of sp³-hybridized carbons (Fsp3) is 0.714. The molecule has 0 amide bonds. The minimum absolute atomic E-state index is 0. The van der Waals surface area contributed by atoms with Crippen LogP contribution >= 0.6 is 11.6 Å². The molecule has 0 saturated carbocycles. The summed E-state index contributed by atoms with van der Waals surface area (Å²) in [5, 5.41) is 6.31. The van der Waals surface area contributed by atoms with Crippen LogP contribution < -0.4 is 56.4 Å². The van der Waals surface area contributed by atoms with E-state index in [9.17, 15) is 8.76 Å². The average molecular weight is 276 g/mol. The molecule has 0 radical (unpaired) electrons. The number of hydrogen-bond donors (Lipinski definition) is 0. The molecule has 1 unspecified atom stereocenters. The third-order valence-corrected chi connectivity index (χ3v) is 3.31. The van der Waals surface area contributed by atoms with E-state index in [2.05, 4.69) is 15.2 Å². The first-order valence-corrected chi connectivity index (χ1v) is 6.20. The normalized spacial score (nSPS) is 14.7. The van der Waals surface area contributed by atoms with E-state index in [4.69, 9.17) is 11.6 Å². The van der Waals surface area contributed by atoms with E-state index in [-0.39, 0.29) is 67.6 Å². The van der Waals surface area contributed by atoms with Gasteiger partial charge in [-0.2, -0.15) is 0 Å². The van der Waals surface area contributed by atoms with Crippen LogP contribution in [0.4, 0.5) is 0 Å². The van der Waals surface area contributed by atoms with Gasteiger partial charge in [0, 0.05) is 0 Å². The van der Waals surface area contributed by atoms with Crippen LogP contribution in [0.3, 0.4) is 0 Å². The van der Waals surface area contributed by atoms with E-state index in [1.807, 2.05) is 13.8 Å². The Bertz CT molecular complexity index is 358. The first kappa shape index (κ1) is 16.2. The molecule has 0 saturated heterocycles. The van der Waals surface area contributed by atoms with Gasteiger partial charge < -0.3 is 19.7 Å². The summed E-state index contributed by atoms with van der Waals surface area (Å²) in [6.45, 7) is 3.90. The van der Waals surface area contributed by atoms with Gasteiger partial charge in [0.1, 0.15) is 5.75 Å². The van der Waals surface area contributed by atoms with Crippen LogP contribution in [0.15, 0.2) is 5.16 Å². The second-order valence-electron chi connectivity index (χ2n) is 3.36. The summed E-state index contributed by atoms with van der Waals surface area (Å²) in [7, 11) is -3.40. The summed E-state index contributed by atoms with van der Waals surface area (Å²) in [4.78, 5) is 3.52. The molecule has 80 valence electrons. The van der Waals surface area contributed by atoms with Gasteiger partial charge in [0.25, 0.3) is 0 Å². The molecule has 1 heterocycles. The predicted octanol–water partition coefficient (Wildman–Crippen LogP) is -1.87. The largest absolute Gasteiger partial charge is 1.00 e. The van der Waals surface area contributed by atoms with E-state index in [1.165, 1.54) is 0 Å². The molecular formula is C7H11ClKN3O2S. The van der Waals surface area contributed by atoms with E-state index in [0.717, 1.165) is 0 Å². The Morgan fingerprint density at radius 1 is 1.53 bits per heavy atom. The van der Waals surface area contributed by atoms with Gasteiger partial charge in [-0.15, -0.1) is 4.21 Å². The molecule has 1 atom stereocenters. The van der Waals surface area contributed by atoms with Crippen molar-refractivity contribution in [2.45, 2.75) is 25.4 Å². The third kappa shape index (κ3) is 5.36. The second-order valence-corrected chi connectivity index (χ2v) is 5.71. The number of aromatic nitrogens is 3. The molecule has 0 N–H and O–H groups in total. The summed E-state index contributed by atoms with van der Waals surface area (Å²) in [6, 6.07) is 0. The number of halogens is 1. The molecule has 0 aliphatic carbocycles. The predicted molar refractivity (Wildman–Crippen MR) is 51.8 cm³/mol. The Morgan fingerprint density at radius 2 is 2.13 bits per heavy atom. The van der Waals surface area contributed by atoms with Gasteiger partial charge in [-0.25, -0.2) is 0 Å². The van der Waals surface area contributed by atoms with Gasteiger partial charge in [-0.1, -0.05) is 25.4 Å². The number of rotatable bonds is 4. The summed E-state index contributed by atoms with van der Waals surface area (Å²) in [5.74, 6) is 0.357. The van der Waals surface area contributed by atoms with Crippen LogP contribution in [0.5, 0.6) is 0 Å². The third-order valence-electron chi connectivity index (χ3n) is 1.65.